The number of carbonyl (C=O) groups excluding carboxylic acids is 2. The van der Waals surface area contributed by atoms with E-state index in [4.69, 9.17) is 5.73 Å². The van der Waals surface area contributed by atoms with Crippen LogP contribution in [0.5, 0.6) is 0 Å². The molecule has 0 aromatic carbocycles. The van der Waals surface area contributed by atoms with E-state index in [1.54, 1.807) is 0 Å². The average molecular weight is 254 g/mol. The molecule has 0 aliphatic heterocycles. The summed E-state index contributed by atoms with van der Waals surface area (Å²) in [5.41, 5.74) is 5.16. The van der Waals surface area contributed by atoms with Crippen molar-refractivity contribution >= 4 is 11.9 Å². The number of nitrogens with two attached hydrogens (primary N) is 1. The van der Waals surface area contributed by atoms with Crippen molar-refractivity contribution in [3.05, 3.63) is 29.6 Å². The number of aliphatic hydroxyl groups is 2. The van der Waals surface area contributed by atoms with Crippen molar-refractivity contribution in [3.63, 3.8) is 0 Å². The minimum atomic E-state index is -1.34. The van der Waals surface area contributed by atoms with Crippen LogP contribution >= 0.6 is 0 Å². The number of nitrogens with zero attached hydrogens (tertiary/aromatic N) is 1. The van der Waals surface area contributed by atoms with E-state index in [9.17, 15) is 19.8 Å². The normalized spacial score (nSPS) is 13.7. The fourth-order valence-electron chi connectivity index (χ4n) is 1.39. The van der Waals surface area contributed by atoms with Gasteiger partial charge in [-0.25, -0.2) is 9.78 Å². The van der Waals surface area contributed by atoms with Crippen molar-refractivity contribution in [2.45, 2.75) is 18.6 Å². The molecular weight excluding hydrogens is 240 g/mol. The van der Waals surface area contributed by atoms with Gasteiger partial charge in [0.1, 0.15) is 11.8 Å². The zero-order valence-corrected chi connectivity index (χ0v) is 9.74. The lowest BCUT2D eigenvalue weighted by Gasteiger charge is -2.16. The summed E-state index contributed by atoms with van der Waals surface area (Å²) in [5.74, 6) is -1.39. The summed E-state index contributed by atoms with van der Waals surface area (Å²) >= 11 is 0. The highest BCUT2D eigenvalue weighted by molar-refractivity contribution is 5.87. The second-order valence-electron chi connectivity index (χ2n) is 3.65. The van der Waals surface area contributed by atoms with Crippen LogP contribution in [-0.2, 0) is 9.53 Å². The lowest BCUT2D eigenvalue weighted by molar-refractivity contribution is -0.121. The van der Waals surface area contributed by atoms with Gasteiger partial charge in [-0.1, -0.05) is 0 Å². The molecule has 4 N–H and O–H groups in total. The second kappa shape index (κ2) is 6.08. The Morgan fingerprint density at radius 2 is 2.17 bits per heavy atom. The van der Waals surface area contributed by atoms with E-state index in [0.717, 1.165) is 0 Å². The van der Waals surface area contributed by atoms with Crippen LogP contribution in [0.4, 0.5) is 0 Å². The van der Waals surface area contributed by atoms with Crippen LogP contribution < -0.4 is 5.73 Å². The first-order valence-electron chi connectivity index (χ1n) is 5.14. The second-order valence-corrected chi connectivity index (χ2v) is 3.65. The van der Waals surface area contributed by atoms with Gasteiger partial charge in [0.2, 0.25) is 5.91 Å². The van der Waals surface area contributed by atoms with Gasteiger partial charge in [-0.2, -0.15) is 0 Å². The predicted octanol–water partition coefficient (Wildman–Crippen LogP) is -0.862. The molecule has 7 heteroatoms. The Morgan fingerprint density at radius 1 is 1.50 bits per heavy atom. The molecule has 0 spiro atoms. The minimum Gasteiger partial charge on any atom is -0.464 e. The zero-order chi connectivity index (χ0) is 13.7. The summed E-state index contributed by atoms with van der Waals surface area (Å²) in [6.07, 6.45) is -1.75. The average Bonchev–Trinajstić information content (AvgIpc) is 2.36. The molecule has 18 heavy (non-hydrogen) atoms. The van der Waals surface area contributed by atoms with E-state index < -0.39 is 24.1 Å². The number of aliphatic hydroxyl groups excluding tert-OH is 2. The number of esters is 1. The highest BCUT2D eigenvalue weighted by Gasteiger charge is 2.21. The van der Waals surface area contributed by atoms with Crippen LogP contribution in [0.15, 0.2) is 18.3 Å². The molecular formula is C11H14N2O5. The number of rotatable bonds is 5. The minimum absolute atomic E-state index is 0.000301. The van der Waals surface area contributed by atoms with Gasteiger partial charge in [-0.05, 0) is 17.7 Å². The molecule has 98 valence electrons. The third-order valence-corrected chi connectivity index (χ3v) is 2.29. The van der Waals surface area contributed by atoms with Crippen LogP contribution in [0.1, 0.15) is 28.6 Å². The molecule has 0 aliphatic carbocycles. The summed E-state index contributed by atoms with van der Waals surface area (Å²) in [4.78, 5) is 25.6. The molecule has 2 atom stereocenters. The molecule has 7 nitrogen and oxygen atoms in total. The standard InChI is InChI=1S/C11H14N2O5/c1-18-11(17)7-4-6(2-3-13-7)10(16)8(14)5-9(12)15/h2-4,8,10,14,16H,5H2,1H3,(H2,12,15). The Balaban J connectivity index is 2.89. The van der Waals surface area contributed by atoms with Crippen LogP contribution in [-0.4, -0.2) is 40.3 Å². The van der Waals surface area contributed by atoms with Gasteiger partial charge in [-0.3, -0.25) is 4.79 Å². The van der Waals surface area contributed by atoms with Gasteiger partial charge >= 0.3 is 5.97 Å². The highest BCUT2D eigenvalue weighted by Crippen LogP contribution is 2.19. The van der Waals surface area contributed by atoms with Gasteiger partial charge < -0.3 is 20.7 Å². The maximum Gasteiger partial charge on any atom is 0.356 e. The van der Waals surface area contributed by atoms with Crippen molar-refractivity contribution in [1.29, 1.82) is 0 Å². The van der Waals surface area contributed by atoms with Crippen molar-refractivity contribution < 1.29 is 24.5 Å². The van der Waals surface area contributed by atoms with Crippen LogP contribution in [0, 0.1) is 0 Å². The Morgan fingerprint density at radius 3 is 2.72 bits per heavy atom. The lowest BCUT2D eigenvalue weighted by Crippen LogP contribution is -2.25. The highest BCUT2D eigenvalue weighted by atomic mass is 16.5. The largest absolute Gasteiger partial charge is 0.464 e. The van der Waals surface area contributed by atoms with Crippen LogP contribution in [0.3, 0.4) is 0 Å². The molecule has 0 radical (unpaired) electrons. The number of hydrogen-bond acceptors (Lipinski definition) is 6. The summed E-state index contributed by atoms with van der Waals surface area (Å²) in [6.45, 7) is 0. The van der Waals surface area contributed by atoms with E-state index in [1.165, 1.54) is 25.4 Å². The quantitative estimate of drug-likeness (QED) is 0.587. The number of amides is 1. The van der Waals surface area contributed by atoms with Gasteiger partial charge in [0.05, 0.1) is 19.6 Å². The monoisotopic (exact) mass is 254 g/mol. The van der Waals surface area contributed by atoms with Crippen LogP contribution in [0.2, 0.25) is 0 Å². The fourth-order valence-corrected chi connectivity index (χ4v) is 1.39. The molecule has 1 aromatic heterocycles. The molecule has 2 unspecified atom stereocenters. The Labute approximate surface area is 103 Å². The molecule has 1 heterocycles. The van der Waals surface area contributed by atoms with Gasteiger partial charge in [-0.15, -0.1) is 0 Å². The van der Waals surface area contributed by atoms with E-state index in [-0.39, 0.29) is 17.7 Å². The zero-order valence-electron chi connectivity index (χ0n) is 9.74. The number of methoxy groups -OCH3 is 1. The molecule has 0 bridgehead atoms. The number of primary amides is 1. The Bertz CT molecular complexity index is 449. The van der Waals surface area contributed by atoms with Crippen molar-refractivity contribution in [3.8, 4) is 0 Å². The van der Waals surface area contributed by atoms with Crippen molar-refractivity contribution in [2.24, 2.45) is 5.73 Å². The van der Waals surface area contributed by atoms with Crippen molar-refractivity contribution in [1.82, 2.24) is 4.98 Å². The first kappa shape index (κ1) is 14.1. The topological polar surface area (TPSA) is 123 Å². The Hall–Kier alpha value is -1.99. The maximum absolute atomic E-state index is 11.2. The molecule has 1 aromatic rings. The van der Waals surface area contributed by atoms with Gasteiger partial charge in [0.25, 0.3) is 0 Å². The predicted molar refractivity (Wildman–Crippen MR) is 60.4 cm³/mol. The molecule has 1 amide bonds. The Kier molecular flexibility index (Phi) is 4.75. The number of ether oxygens (including phenoxy) is 1. The lowest BCUT2D eigenvalue weighted by atomic mass is 10.0. The summed E-state index contributed by atoms with van der Waals surface area (Å²) < 4.78 is 4.48. The van der Waals surface area contributed by atoms with Crippen molar-refractivity contribution in [2.75, 3.05) is 7.11 Å². The first-order valence-corrected chi connectivity index (χ1v) is 5.14. The molecule has 0 saturated carbocycles. The number of hydrogen-bond donors (Lipinski definition) is 3. The third kappa shape index (κ3) is 3.51. The first-order chi connectivity index (χ1) is 8.45. The SMILES string of the molecule is COC(=O)c1cc(C(O)C(O)CC(N)=O)ccn1. The van der Waals surface area contributed by atoms with E-state index >= 15 is 0 Å². The molecule has 1 rings (SSSR count). The number of pyridine rings is 1. The number of carbonyl (C=O) groups is 2. The van der Waals surface area contributed by atoms with Gasteiger partial charge in [0.15, 0.2) is 0 Å². The summed E-state index contributed by atoms with van der Waals surface area (Å²) in [6, 6.07) is 2.70. The fraction of sp³-hybridized carbons (Fsp3) is 0.364. The molecule has 0 fully saturated rings. The molecule has 0 saturated heterocycles. The molecule has 0 aliphatic rings. The summed E-state index contributed by atoms with van der Waals surface area (Å²) in [5, 5.41) is 19.3. The van der Waals surface area contributed by atoms with E-state index in [2.05, 4.69) is 9.72 Å². The smallest absolute Gasteiger partial charge is 0.356 e. The van der Waals surface area contributed by atoms with E-state index in [0.29, 0.717) is 0 Å². The van der Waals surface area contributed by atoms with Crippen LogP contribution in [0.25, 0.3) is 0 Å². The van der Waals surface area contributed by atoms with Gasteiger partial charge in [0, 0.05) is 6.20 Å². The van der Waals surface area contributed by atoms with E-state index in [1.807, 2.05) is 0 Å². The summed E-state index contributed by atoms with van der Waals surface area (Å²) in [7, 11) is 1.20. The number of aromatic nitrogens is 1. The third-order valence-electron chi connectivity index (χ3n) is 2.29. The maximum atomic E-state index is 11.2.